The van der Waals surface area contributed by atoms with Gasteiger partial charge in [-0.25, -0.2) is 8.42 Å². The van der Waals surface area contributed by atoms with Crippen molar-refractivity contribution in [1.29, 1.82) is 0 Å². The number of hydrogen-bond donors (Lipinski definition) is 0. The molecule has 0 unspecified atom stereocenters. The molecule has 0 bridgehead atoms. The summed E-state index contributed by atoms with van der Waals surface area (Å²) in [5.74, 6) is 0.691. The summed E-state index contributed by atoms with van der Waals surface area (Å²) in [5, 5.41) is 0. The van der Waals surface area contributed by atoms with Crippen LogP contribution >= 0.6 is 0 Å². The minimum atomic E-state index is -3.01. The van der Waals surface area contributed by atoms with Gasteiger partial charge in [-0.3, -0.25) is 0 Å². The van der Waals surface area contributed by atoms with Gasteiger partial charge >= 0.3 is 0 Å². The van der Waals surface area contributed by atoms with Crippen molar-refractivity contribution in [3.63, 3.8) is 0 Å². The van der Waals surface area contributed by atoms with E-state index in [4.69, 9.17) is 0 Å². The van der Waals surface area contributed by atoms with Gasteiger partial charge in [-0.05, 0) is 52.4 Å². The molecule has 3 nitrogen and oxygen atoms in total. The standard InChI is InChI=1S/C12H22O3S/c1-12(2,3)16(14,15)9-11-6-4-10(8-13)5-7-11/h8,10-11H,4-7,9H2,1-3H3. The summed E-state index contributed by atoms with van der Waals surface area (Å²) in [5.41, 5.74) is 0. The van der Waals surface area contributed by atoms with Gasteiger partial charge in [-0.15, -0.1) is 0 Å². The zero-order valence-electron chi connectivity index (χ0n) is 10.4. The van der Waals surface area contributed by atoms with E-state index in [2.05, 4.69) is 0 Å². The third kappa shape index (κ3) is 3.30. The molecule has 1 saturated carbocycles. The molecule has 0 aromatic rings. The molecule has 0 aromatic heterocycles. The first kappa shape index (κ1) is 13.7. The van der Waals surface area contributed by atoms with Crippen LogP contribution in [0, 0.1) is 11.8 Å². The lowest BCUT2D eigenvalue weighted by Gasteiger charge is -2.28. The highest BCUT2D eigenvalue weighted by atomic mass is 32.2. The molecule has 0 aromatic carbocycles. The Labute approximate surface area is 98.5 Å². The van der Waals surface area contributed by atoms with Gasteiger partial charge in [0.25, 0.3) is 0 Å². The first-order valence-corrected chi connectivity index (χ1v) is 7.59. The molecule has 16 heavy (non-hydrogen) atoms. The predicted molar refractivity (Wildman–Crippen MR) is 65.1 cm³/mol. The predicted octanol–water partition coefficient (Wildman–Crippen LogP) is 2.21. The third-order valence-corrected chi connectivity index (χ3v) is 6.25. The van der Waals surface area contributed by atoms with E-state index in [1.807, 2.05) is 0 Å². The van der Waals surface area contributed by atoms with Crippen LogP contribution in [-0.4, -0.2) is 25.2 Å². The second-order valence-electron chi connectivity index (χ2n) is 5.81. The summed E-state index contributed by atoms with van der Waals surface area (Å²) in [4.78, 5) is 10.6. The Bertz CT molecular complexity index is 330. The van der Waals surface area contributed by atoms with Crippen molar-refractivity contribution in [2.24, 2.45) is 11.8 Å². The normalized spacial score (nSPS) is 27.7. The van der Waals surface area contributed by atoms with Gasteiger partial charge < -0.3 is 4.79 Å². The Kier molecular flexibility index (Phi) is 4.16. The van der Waals surface area contributed by atoms with Gasteiger partial charge in [0, 0.05) is 5.92 Å². The van der Waals surface area contributed by atoms with Crippen molar-refractivity contribution in [1.82, 2.24) is 0 Å². The van der Waals surface area contributed by atoms with Gasteiger partial charge in [0.1, 0.15) is 6.29 Å². The van der Waals surface area contributed by atoms with Crippen LogP contribution in [0.5, 0.6) is 0 Å². The second kappa shape index (κ2) is 4.86. The van der Waals surface area contributed by atoms with Gasteiger partial charge in [0.15, 0.2) is 9.84 Å². The molecule has 0 N–H and O–H groups in total. The summed E-state index contributed by atoms with van der Waals surface area (Å²) >= 11 is 0. The van der Waals surface area contributed by atoms with E-state index in [1.165, 1.54) is 0 Å². The van der Waals surface area contributed by atoms with Crippen LogP contribution in [0.2, 0.25) is 0 Å². The molecule has 1 aliphatic rings. The molecule has 1 aliphatic carbocycles. The molecule has 0 aliphatic heterocycles. The Hall–Kier alpha value is -0.380. The number of aldehydes is 1. The molecule has 0 atom stereocenters. The molecule has 94 valence electrons. The van der Waals surface area contributed by atoms with Crippen LogP contribution in [0.25, 0.3) is 0 Å². The maximum atomic E-state index is 12.0. The van der Waals surface area contributed by atoms with Gasteiger partial charge in [-0.1, -0.05) is 0 Å². The van der Waals surface area contributed by atoms with Crippen LogP contribution in [-0.2, 0) is 14.6 Å². The minimum absolute atomic E-state index is 0.161. The zero-order valence-corrected chi connectivity index (χ0v) is 11.2. The van der Waals surface area contributed by atoms with E-state index in [0.717, 1.165) is 32.0 Å². The van der Waals surface area contributed by atoms with Gasteiger partial charge in [-0.2, -0.15) is 0 Å². The molecule has 1 rings (SSSR count). The smallest absolute Gasteiger partial charge is 0.155 e. The Morgan fingerprint density at radius 1 is 1.12 bits per heavy atom. The average Bonchev–Trinajstić information content (AvgIpc) is 2.16. The lowest BCUT2D eigenvalue weighted by Crippen LogP contribution is -2.34. The van der Waals surface area contributed by atoms with Crippen LogP contribution in [0.1, 0.15) is 46.5 Å². The number of rotatable bonds is 3. The fraction of sp³-hybridized carbons (Fsp3) is 0.917. The quantitative estimate of drug-likeness (QED) is 0.717. The van der Waals surface area contributed by atoms with E-state index in [9.17, 15) is 13.2 Å². The highest BCUT2D eigenvalue weighted by Gasteiger charge is 2.33. The van der Waals surface area contributed by atoms with E-state index in [-0.39, 0.29) is 17.6 Å². The topological polar surface area (TPSA) is 51.2 Å². The van der Waals surface area contributed by atoms with E-state index >= 15 is 0 Å². The number of hydrogen-bond acceptors (Lipinski definition) is 3. The molecule has 0 heterocycles. The molecule has 0 amide bonds. The van der Waals surface area contributed by atoms with E-state index < -0.39 is 14.6 Å². The average molecular weight is 246 g/mol. The molecular formula is C12H22O3S. The fourth-order valence-electron chi connectivity index (χ4n) is 2.05. The maximum Gasteiger partial charge on any atom is 0.155 e. The highest BCUT2D eigenvalue weighted by Crippen LogP contribution is 2.30. The summed E-state index contributed by atoms with van der Waals surface area (Å²) in [7, 11) is -3.01. The summed E-state index contributed by atoms with van der Waals surface area (Å²) in [6.45, 7) is 5.25. The molecule has 1 fully saturated rings. The van der Waals surface area contributed by atoms with E-state index in [0.29, 0.717) is 0 Å². The van der Waals surface area contributed by atoms with Crippen LogP contribution in [0.15, 0.2) is 0 Å². The molecular weight excluding hydrogens is 224 g/mol. The maximum absolute atomic E-state index is 12.0. The first-order chi connectivity index (χ1) is 7.26. The van der Waals surface area contributed by atoms with Crippen molar-refractivity contribution >= 4 is 16.1 Å². The third-order valence-electron chi connectivity index (χ3n) is 3.47. The number of carbonyl (C=O) groups is 1. The molecule has 0 spiro atoms. The van der Waals surface area contributed by atoms with Crippen LogP contribution in [0.3, 0.4) is 0 Å². The zero-order chi connectivity index (χ0) is 12.4. The van der Waals surface area contributed by atoms with Gasteiger partial charge in [0.05, 0.1) is 10.5 Å². The summed E-state index contributed by atoms with van der Waals surface area (Å²) in [6, 6.07) is 0. The van der Waals surface area contributed by atoms with E-state index in [1.54, 1.807) is 20.8 Å². The number of carbonyl (C=O) groups excluding carboxylic acids is 1. The van der Waals surface area contributed by atoms with Crippen molar-refractivity contribution in [2.45, 2.75) is 51.2 Å². The first-order valence-electron chi connectivity index (χ1n) is 5.94. The SMILES string of the molecule is CC(C)(C)S(=O)(=O)CC1CCC(C=O)CC1. The van der Waals surface area contributed by atoms with Gasteiger partial charge in [0.2, 0.25) is 0 Å². The fourth-order valence-corrected chi connectivity index (χ4v) is 3.51. The summed E-state index contributed by atoms with van der Waals surface area (Å²) < 4.78 is 23.3. The molecule has 0 radical (unpaired) electrons. The summed E-state index contributed by atoms with van der Waals surface area (Å²) in [6.07, 6.45) is 4.47. The van der Waals surface area contributed by atoms with Crippen molar-refractivity contribution < 1.29 is 13.2 Å². The molecule has 0 saturated heterocycles. The van der Waals surface area contributed by atoms with Crippen LogP contribution < -0.4 is 0 Å². The second-order valence-corrected chi connectivity index (χ2v) is 8.60. The minimum Gasteiger partial charge on any atom is -0.303 e. The Morgan fingerprint density at radius 3 is 2.00 bits per heavy atom. The lowest BCUT2D eigenvalue weighted by atomic mass is 9.84. The lowest BCUT2D eigenvalue weighted by molar-refractivity contribution is -0.112. The van der Waals surface area contributed by atoms with Crippen LogP contribution in [0.4, 0.5) is 0 Å². The Balaban J connectivity index is 2.55. The highest BCUT2D eigenvalue weighted by molar-refractivity contribution is 7.92. The van der Waals surface area contributed by atoms with Crippen molar-refractivity contribution in [2.75, 3.05) is 5.75 Å². The van der Waals surface area contributed by atoms with Crippen molar-refractivity contribution in [3.8, 4) is 0 Å². The largest absolute Gasteiger partial charge is 0.303 e. The molecule has 4 heteroatoms. The van der Waals surface area contributed by atoms with Crippen molar-refractivity contribution in [3.05, 3.63) is 0 Å². The monoisotopic (exact) mass is 246 g/mol. The number of sulfone groups is 1. The Morgan fingerprint density at radius 2 is 1.62 bits per heavy atom.